The standard InChI is InChI=1S/C20H29N5O3/c1-15-8-9-18(25(15)12-17-6-4-3-5-7-17)13-24(11-10-22-27)19(16(2)26)20-23-21-14-28-20/h3-7,14-16,18-19,26H,8-13H2,1-2H3/t15?,16-,18?,19+/m1/s1. The van der Waals surface area contributed by atoms with E-state index in [2.05, 4.69) is 56.4 Å². The van der Waals surface area contributed by atoms with E-state index in [0.29, 0.717) is 31.1 Å². The van der Waals surface area contributed by atoms with E-state index in [1.54, 1.807) is 6.92 Å². The number of aliphatic hydroxyl groups excluding tert-OH is 1. The fraction of sp³-hybridized carbons (Fsp3) is 0.600. The van der Waals surface area contributed by atoms with Crippen molar-refractivity contribution in [1.82, 2.24) is 20.0 Å². The highest BCUT2D eigenvalue weighted by atomic mass is 16.4. The lowest BCUT2D eigenvalue weighted by molar-refractivity contribution is 0.0278. The average molecular weight is 387 g/mol. The molecule has 0 amide bonds. The van der Waals surface area contributed by atoms with Gasteiger partial charge in [0, 0.05) is 31.7 Å². The number of aliphatic hydroxyl groups is 1. The largest absolute Gasteiger partial charge is 0.426 e. The topological polar surface area (TPSA) is 95.1 Å². The van der Waals surface area contributed by atoms with Crippen molar-refractivity contribution in [1.29, 1.82) is 0 Å². The molecule has 0 spiro atoms. The molecule has 2 aromatic rings. The van der Waals surface area contributed by atoms with Gasteiger partial charge in [-0.25, -0.2) is 0 Å². The SMILES string of the molecule is CC1CCC(CN(CCN=O)[C@H](c2nnco2)[C@@H](C)O)N1Cc1ccccc1. The smallest absolute Gasteiger partial charge is 0.235 e. The summed E-state index contributed by atoms with van der Waals surface area (Å²) in [6.07, 6.45) is 2.74. The van der Waals surface area contributed by atoms with E-state index in [0.717, 1.165) is 19.4 Å². The Morgan fingerprint density at radius 3 is 2.79 bits per heavy atom. The molecule has 1 saturated heterocycles. The molecule has 8 heteroatoms. The van der Waals surface area contributed by atoms with Crippen LogP contribution in [0.5, 0.6) is 0 Å². The van der Waals surface area contributed by atoms with Crippen molar-refractivity contribution in [3.63, 3.8) is 0 Å². The van der Waals surface area contributed by atoms with Gasteiger partial charge >= 0.3 is 0 Å². The van der Waals surface area contributed by atoms with Crippen molar-refractivity contribution in [2.45, 2.75) is 57.5 Å². The molecule has 1 aromatic carbocycles. The highest BCUT2D eigenvalue weighted by Gasteiger charge is 2.36. The Labute approximate surface area is 165 Å². The minimum absolute atomic E-state index is 0.151. The predicted molar refractivity (Wildman–Crippen MR) is 105 cm³/mol. The van der Waals surface area contributed by atoms with E-state index in [-0.39, 0.29) is 6.54 Å². The molecule has 2 heterocycles. The molecule has 0 bridgehead atoms. The van der Waals surface area contributed by atoms with Crippen LogP contribution in [0, 0.1) is 4.91 Å². The van der Waals surface area contributed by atoms with Crippen LogP contribution in [0.4, 0.5) is 0 Å². The Hall–Kier alpha value is -2.16. The van der Waals surface area contributed by atoms with Crippen molar-refractivity contribution >= 4 is 0 Å². The van der Waals surface area contributed by atoms with Gasteiger partial charge in [-0.15, -0.1) is 10.2 Å². The highest BCUT2D eigenvalue weighted by Crippen LogP contribution is 2.30. The zero-order valence-electron chi connectivity index (χ0n) is 16.5. The molecule has 0 saturated carbocycles. The van der Waals surface area contributed by atoms with Gasteiger partial charge in [-0.3, -0.25) is 9.80 Å². The lowest BCUT2D eigenvalue weighted by Crippen LogP contribution is -2.46. The summed E-state index contributed by atoms with van der Waals surface area (Å²) in [6.45, 7) is 6.13. The molecule has 3 rings (SSSR count). The fourth-order valence-electron chi connectivity index (χ4n) is 4.16. The maximum Gasteiger partial charge on any atom is 0.235 e. The first-order valence-corrected chi connectivity index (χ1v) is 9.87. The van der Waals surface area contributed by atoms with Gasteiger partial charge in [0.2, 0.25) is 12.3 Å². The van der Waals surface area contributed by atoms with Crippen LogP contribution in [0.1, 0.15) is 44.2 Å². The predicted octanol–water partition coefficient (Wildman–Crippen LogP) is 2.61. The van der Waals surface area contributed by atoms with Crippen LogP contribution in [0.2, 0.25) is 0 Å². The van der Waals surface area contributed by atoms with Gasteiger partial charge in [0.15, 0.2) is 0 Å². The van der Waals surface area contributed by atoms with Gasteiger partial charge in [-0.05, 0) is 32.3 Å². The third kappa shape index (κ3) is 5.01. The first kappa shape index (κ1) is 20.6. The van der Waals surface area contributed by atoms with E-state index < -0.39 is 12.1 Å². The summed E-state index contributed by atoms with van der Waals surface area (Å²) in [4.78, 5) is 15.3. The van der Waals surface area contributed by atoms with Crippen molar-refractivity contribution in [2.75, 3.05) is 19.6 Å². The number of nitroso groups, excluding NO2 is 1. The van der Waals surface area contributed by atoms with E-state index in [1.165, 1.54) is 12.0 Å². The third-order valence-corrected chi connectivity index (χ3v) is 5.56. The van der Waals surface area contributed by atoms with Crippen molar-refractivity contribution in [3.05, 3.63) is 53.1 Å². The molecular formula is C20H29N5O3. The molecule has 0 radical (unpaired) electrons. The molecule has 28 heavy (non-hydrogen) atoms. The zero-order valence-corrected chi connectivity index (χ0v) is 16.5. The number of hydrogen-bond acceptors (Lipinski definition) is 8. The van der Waals surface area contributed by atoms with E-state index in [4.69, 9.17) is 4.42 Å². The summed E-state index contributed by atoms with van der Waals surface area (Å²) in [5, 5.41) is 21.2. The Balaban J connectivity index is 1.77. The van der Waals surface area contributed by atoms with E-state index >= 15 is 0 Å². The quantitative estimate of drug-likeness (QED) is 0.626. The number of aromatic nitrogens is 2. The molecular weight excluding hydrogens is 358 g/mol. The number of hydrogen-bond donors (Lipinski definition) is 1. The molecule has 8 nitrogen and oxygen atoms in total. The first-order valence-electron chi connectivity index (χ1n) is 9.87. The maximum atomic E-state index is 10.8. The van der Waals surface area contributed by atoms with Crippen LogP contribution in [0.25, 0.3) is 0 Å². The van der Waals surface area contributed by atoms with Gasteiger partial charge in [0.25, 0.3) is 0 Å². The second-order valence-corrected chi connectivity index (χ2v) is 7.55. The lowest BCUT2D eigenvalue weighted by atomic mass is 10.1. The second-order valence-electron chi connectivity index (χ2n) is 7.55. The summed E-state index contributed by atoms with van der Waals surface area (Å²) in [7, 11) is 0. The highest BCUT2D eigenvalue weighted by molar-refractivity contribution is 5.15. The Kier molecular flexibility index (Phi) is 7.24. The first-order chi connectivity index (χ1) is 13.6. The number of nitrogens with zero attached hydrogens (tertiary/aromatic N) is 5. The third-order valence-electron chi connectivity index (χ3n) is 5.56. The number of rotatable bonds is 10. The van der Waals surface area contributed by atoms with Crippen LogP contribution in [0.3, 0.4) is 0 Å². The maximum absolute atomic E-state index is 10.8. The van der Waals surface area contributed by atoms with Gasteiger partial charge < -0.3 is 9.52 Å². The minimum atomic E-state index is -0.714. The zero-order chi connectivity index (χ0) is 19.9. The number of likely N-dealkylation sites (tertiary alicyclic amines) is 1. The molecule has 4 atom stereocenters. The Morgan fingerprint density at radius 2 is 2.14 bits per heavy atom. The summed E-state index contributed by atoms with van der Waals surface area (Å²) in [5.41, 5.74) is 1.28. The van der Waals surface area contributed by atoms with Crippen LogP contribution >= 0.6 is 0 Å². The van der Waals surface area contributed by atoms with Crippen LogP contribution < -0.4 is 0 Å². The average Bonchev–Trinajstić information content (AvgIpc) is 3.32. The summed E-state index contributed by atoms with van der Waals surface area (Å²) in [6, 6.07) is 10.8. The Morgan fingerprint density at radius 1 is 1.36 bits per heavy atom. The lowest BCUT2D eigenvalue weighted by Gasteiger charge is -2.36. The summed E-state index contributed by atoms with van der Waals surface area (Å²) >= 11 is 0. The normalized spacial score (nSPS) is 22.4. The molecule has 1 aliphatic heterocycles. The minimum Gasteiger partial charge on any atom is -0.426 e. The molecule has 0 aliphatic carbocycles. The van der Waals surface area contributed by atoms with Gasteiger partial charge in [0.1, 0.15) is 6.04 Å². The fourth-order valence-corrected chi connectivity index (χ4v) is 4.16. The van der Waals surface area contributed by atoms with Crippen molar-refractivity contribution in [3.8, 4) is 0 Å². The summed E-state index contributed by atoms with van der Waals surface area (Å²) in [5.74, 6) is 0.363. The van der Waals surface area contributed by atoms with Crippen LogP contribution in [-0.2, 0) is 6.54 Å². The monoisotopic (exact) mass is 387 g/mol. The summed E-state index contributed by atoms with van der Waals surface area (Å²) < 4.78 is 5.38. The molecule has 1 aromatic heterocycles. The van der Waals surface area contributed by atoms with Gasteiger partial charge in [0.05, 0.1) is 12.6 Å². The molecule has 1 aliphatic rings. The number of benzene rings is 1. The molecule has 152 valence electrons. The van der Waals surface area contributed by atoms with Gasteiger partial charge in [-0.2, -0.15) is 4.91 Å². The second kappa shape index (κ2) is 9.86. The van der Waals surface area contributed by atoms with E-state index in [9.17, 15) is 10.0 Å². The van der Waals surface area contributed by atoms with Crippen LogP contribution in [-0.4, -0.2) is 62.9 Å². The van der Waals surface area contributed by atoms with Crippen LogP contribution in [0.15, 0.2) is 46.3 Å². The molecule has 1 fully saturated rings. The Bertz CT molecular complexity index is 710. The van der Waals surface area contributed by atoms with Crippen molar-refractivity contribution in [2.24, 2.45) is 5.18 Å². The van der Waals surface area contributed by atoms with Crippen molar-refractivity contribution < 1.29 is 9.52 Å². The molecule has 1 N–H and O–H groups in total. The molecule has 2 unspecified atom stereocenters. The van der Waals surface area contributed by atoms with Gasteiger partial charge in [-0.1, -0.05) is 35.5 Å². The van der Waals surface area contributed by atoms with E-state index in [1.807, 2.05) is 6.07 Å².